The Labute approximate surface area is 230 Å². The first-order valence-electron chi connectivity index (χ1n) is 13.3. The molecule has 1 heterocycles. The largest absolute Gasteiger partial charge is 0.497 e. The van der Waals surface area contributed by atoms with Gasteiger partial charge in [-0.1, -0.05) is 31.9 Å². The lowest BCUT2D eigenvalue weighted by molar-refractivity contribution is -0.140. The summed E-state index contributed by atoms with van der Waals surface area (Å²) in [4.78, 5) is 28.8. The zero-order chi connectivity index (χ0) is 28.0. The van der Waals surface area contributed by atoms with E-state index in [2.05, 4.69) is 5.32 Å². The Morgan fingerprint density at radius 2 is 1.72 bits per heavy atom. The van der Waals surface area contributed by atoms with Gasteiger partial charge in [-0.05, 0) is 49.1 Å². The number of benzene rings is 2. The van der Waals surface area contributed by atoms with Crippen LogP contribution in [0.15, 0.2) is 42.5 Å². The molecule has 1 N–H and O–H groups in total. The molecule has 1 atom stereocenters. The number of nitrogens with zero attached hydrogens (tertiary/aromatic N) is 2. The highest BCUT2D eigenvalue weighted by atomic mass is 32.2. The molecule has 212 valence electrons. The fourth-order valence-electron chi connectivity index (χ4n) is 5.02. The van der Waals surface area contributed by atoms with Crippen molar-refractivity contribution in [1.82, 2.24) is 10.2 Å². The molecule has 1 unspecified atom stereocenters. The number of sulfonamides is 1. The van der Waals surface area contributed by atoms with Gasteiger partial charge in [0.2, 0.25) is 21.8 Å². The van der Waals surface area contributed by atoms with E-state index >= 15 is 0 Å². The average molecular weight is 560 g/mol. The normalized spacial score (nSPS) is 15.9. The second-order valence-electron chi connectivity index (χ2n) is 9.88. The van der Waals surface area contributed by atoms with Crippen molar-refractivity contribution in [2.45, 2.75) is 57.7 Å². The van der Waals surface area contributed by atoms with Gasteiger partial charge in [-0.2, -0.15) is 0 Å². The van der Waals surface area contributed by atoms with E-state index < -0.39 is 28.5 Å². The van der Waals surface area contributed by atoms with Crippen LogP contribution in [0.3, 0.4) is 0 Å². The molecule has 0 saturated heterocycles. The van der Waals surface area contributed by atoms with Crippen molar-refractivity contribution in [2.75, 3.05) is 37.4 Å². The summed E-state index contributed by atoms with van der Waals surface area (Å²) in [5.41, 5.74) is 1.07. The van der Waals surface area contributed by atoms with Gasteiger partial charge in [0.25, 0.3) is 0 Å². The first-order valence-corrected chi connectivity index (χ1v) is 15.1. The number of ether oxygens (including phenoxy) is 3. The Balaban J connectivity index is 1.62. The molecule has 11 heteroatoms. The maximum atomic E-state index is 13.9. The standard InChI is InChI=1S/C28H37N3O7S/c1-4-24(28(33)29-21-7-5-6-8-21)30(18-20-9-12-23(36-2)13-10-20)27(32)19-31(39(3,34)35)22-11-14-25-26(17-22)38-16-15-37-25/h9-14,17,21,24H,4-8,15-16,18-19H2,1-3H3,(H,29,33). The Bertz CT molecular complexity index is 1260. The van der Waals surface area contributed by atoms with Crippen LogP contribution in [0.1, 0.15) is 44.6 Å². The van der Waals surface area contributed by atoms with Crippen molar-refractivity contribution in [1.29, 1.82) is 0 Å². The number of anilines is 1. The summed E-state index contributed by atoms with van der Waals surface area (Å²) >= 11 is 0. The van der Waals surface area contributed by atoms with Crippen molar-refractivity contribution in [3.8, 4) is 17.2 Å². The first kappa shape index (κ1) is 28.5. The van der Waals surface area contributed by atoms with Crippen LogP contribution in [0.4, 0.5) is 5.69 Å². The van der Waals surface area contributed by atoms with Gasteiger partial charge >= 0.3 is 0 Å². The SMILES string of the molecule is CCC(C(=O)NC1CCCC1)N(Cc1ccc(OC)cc1)C(=O)CN(c1ccc2c(c1)OCCO2)S(C)(=O)=O. The molecular weight excluding hydrogens is 522 g/mol. The van der Waals surface area contributed by atoms with Gasteiger partial charge in [0.1, 0.15) is 31.5 Å². The number of hydrogen-bond acceptors (Lipinski definition) is 7. The highest BCUT2D eigenvalue weighted by Crippen LogP contribution is 2.35. The summed E-state index contributed by atoms with van der Waals surface area (Å²) in [5, 5.41) is 3.10. The molecule has 0 radical (unpaired) electrons. The number of hydrogen-bond donors (Lipinski definition) is 1. The first-order chi connectivity index (χ1) is 18.7. The van der Waals surface area contributed by atoms with E-state index in [4.69, 9.17) is 14.2 Å². The molecule has 1 aliphatic carbocycles. The van der Waals surface area contributed by atoms with E-state index in [0.717, 1.165) is 41.8 Å². The molecule has 39 heavy (non-hydrogen) atoms. The summed E-state index contributed by atoms with van der Waals surface area (Å²) in [7, 11) is -2.28. The maximum absolute atomic E-state index is 13.9. The smallest absolute Gasteiger partial charge is 0.244 e. The van der Waals surface area contributed by atoms with Crippen molar-refractivity contribution < 1.29 is 32.2 Å². The number of carbonyl (C=O) groups excluding carboxylic acids is 2. The van der Waals surface area contributed by atoms with E-state index in [1.807, 2.05) is 19.1 Å². The Morgan fingerprint density at radius 1 is 1.05 bits per heavy atom. The van der Waals surface area contributed by atoms with Crippen LogP contribution in [0.2, 0.25) is 0 Å². The highest BCUT2D eigenvalue weighted by Gasteiger charge is 2.33. The molecule has 2 aromatic rings. The van der Waals surface area contributed by atoms with Crippen LogP contribution in [0, 0.1) is 0 Å². The van der Waals surface area contributed by atoms with Crippen molar-refractivity contribution in [3.05, 3.63) is 48.0 Å². The predicted molar refractivity (Wildman–Crippen MR) is 148 cm³/mol. The van der Waals surface area contributed by atoms with Crippen molar-refractivity contribution >= 4 is 27.5 Å². The molecular formula is C28H37N3O7S. The van der Waals surface area contributed by atoms with Gasteiger partial charge in [-0.15, -0.1) is 0 Å². The molecule has 10 nitrogen and oxygen atoms in total. The zero-order valence-electron chi connectivity index (χ0n) is 22.7. The fraction of sp³-hybridized carbons (Fsp3) is 0.500. The molecule has 1 fully saturated rings. The van der Waals surface area contributed by atoms with Crippen molar-refractivity contribution in [3.63, 3.8) is 0 Å². The minimum atomic E-state index is -3.85. The third-order valence-corrected chi connectivity index (χ3v) is 8.23. The third kappa shape index (κ3) is 7.14. The van der Waals surface area contributed by atoms with Gasteiger partial charge in [-0.25, -0.2) is 8.42 Å². The second kappa shape index (κ2) is 12.6. The maximum Gasteiger partial charge on any atom is 0.244 e. The molecule has 0 spiro atoms. The lowest BCUT2D eigenvalue weighted by Gasteiger charge is -2.33. The lowest BCUT2D eigenvalue weighted by Crippen LogP contribution is -2.53. The Morgan fingerprint density at radius 3 is 2.33 bits per heavy atom. The van der Waals surface area contributed by atoms with Gasteiger partial charge in [-0.3, -0.25) is 13.9 Å². The molecule has 2 aliphatic rings. The quantitative estimate of drug-likeness (QED) is 0.450. The molecule has 1 saturated carbocycles. The van der Waals surface area contributed by atoms with Crippen LogP contribution in [-0.4, -0.2) is 70.3 Å². The van der Waals surface area contributed by atoms with Crippen LogP contribution in [0.25, 0.3) is 0 Å². The zero-order valence-corrected chi connectivity index (χ0v) is 23.5. The number of carbonyl (C=O) groups is 2. The van der Waals surface area contributed by atoms with Crippen LogP contribution in [-0.2, 0) is 26.2 Å². The number of amides is 2. The van der Waals surface area contributed by atoms with E-state index in [9.17, 15) is 18.0 Å². The Hall–Kier alpha value is -3.47. The van der Waals surface area contributed by atoms with E-state index in [1.165, 1.54) is 4.90 Å². The number of rotatable bonds is 11. The summed E-state index contributed by atoms with van der Waals surface area (Å²) in [6.07, 6.45) is 5.39. The van der Waals surface area contributed by atoms with E-state index in [0.29, 0.717) is 36.9 Å². The summed E-state index contributed by atoms with van der Waals surface area (Å²) in [6.45, 7) is 2.27. The highest BCUT2D eigenvalue weighted by molar-refractivity contribution is 7.92. The summed E-state index contributed by atoms with van der Waals surface area (Å²) < 4.78 is 43.2. The topological polar surface area (TPSA) is 114 Å². The number of fused-ring (bicyclic) bond motifs is 1. The summed E-state index contributed by atoms with van der Waals surface area (Å²) in [6, 6.07) is 11.3. The lowest BCUT2D eigenvalue weighted by atomic mass is 10.1. The van der Waals surface area contributed by atoms with Gasteiger partial charge in [0.15, 0.2) is 11.5 Å². The predicted octanol–water partition coefficient (Wildman–Crippen LogP) is 3.10. The van der Waals surface area contributed by atoms with Crippen LogP contribution >= 0.6 is 0 Å². The summed E-state index contributed by atoms with van der Waals surface area (Å²) in [5.74, 6) is 0.887. The Kier molecular flexibility index (Phi) is 9.21. The number of nitrogens with one attached hydrogen (secondary N) is 1. The minimum absolute atomic E-state index is 0.0923. The fourth-order valence-corrected chi connectivity index (χ4v) is 5.86. The van der Waals surface area contributed by atoms with Gasteiger partial charge in [0, 0.05) is 18.7 Å². The van der Waals surface area contributed by atoms with E-state index in [1.54, 1.807) is 37.4 Å². The molecule has 0 aromatic heterocycles. The van der Waals surface area contributed by atoms with E-state index in [-0.39, 0.29) is 24.2 Å². The molecule has 1 aliphatic heterocycles. The van der Waals surface area contributed by atoms with Gasteiger partial charge < -0.3 is 24.4 Å². The second-order valence-corrected chi connectivity index (χ2v) is 11.8. The van der Waals surface area contributed by atoms with Crippen LogP contribution in [0.5, 0.6) is 17.2 Å². The molecule has 4 rings (SSSR count). The monoisotopic (exact) mass is 559 g/mol. The van der Waals surface area contributed by atoms with Crippen molar-refractivity contribution in [2.24, 2.45) is 0 Å². The minimum Gasteiger partial charge on any atom is -0.497 e. The molecule has 2 amide bonds. The molecule has 2 aromatic carbocycles. The third-order valence-electron chi connectivity index (χ3n) is 7.09. The number of methoxy groups -OCH3 is 1. The molecule has 0 bridgehead atoms. The van der Waals surface area contributed by atoms with Crippen LogP contribution < -0.4 is 23.8 Å². The average Bonchev–Trinajstić information content (AvgIpc) is 3.44. The van der Waals surface area contributed by atoms with Gasteiger partial charge in [0.05, 0.1) is 19.1 Å².